The minimum atomic E-state index is -0.579. The highest BCUT2D eigenvalue weighted by atomic mass is 35.5. The fourth-order valence-electron chi connectivity index (χ4n) is 1.30. The van der Waals surface area contributed by atoms with Crippen LogP contribution in [0.2, 0.25) is 5.02 Å². The van der Waals surface area contributed by atoms with E-state index >= 15 is 0 Å². The fraction of sp³-hybridized carbons (Fsp3) is 0.182. The number of rotatable bonds is 3. The maximum absolute atomic E-state index is 13.3. The predicted octanol–water partition coefficient (Wildman–Crippen LogP) is 2.24. The summed E-state index contributed by atoms with van der Waals surface area (Å²) >= 11 is 5.57. The third-order valence-electron chi connectivity index (χ3n) is 2.11. The first-order valence-corrected chi connectivity index (χ1v) is 5.54. The van der Waals surface area contributed by atoms with Crippen molar-refractivity contribution >= 4 is 17.6 Å². The van der Waals surface area contributed by atoms with Crippen molar-refractivity contribution < 1.29 is 13.9 Å². The van der Waals surface area contributed by atoms with Crippen LogP contribution in [0.4, 0.5) is 4.39 Å². The van der Waals surface area contributed by atoms with Crippen molar-refractivity contribution in [3.63, 3.8) is 0 Å². The quantitative estimate of drug-likeness (QED) is 0.802. The van der Waals surface area contributed by atoms with E-state index in [1.54, 1.807) is 13.0 Å². The Balaban J connectivity index is 2.29. The lowest BCUT2D eigenvalue weighted by atomic mass is 10.3. The topological polar surface area (TPSA) is 57.0 Å². The minimum Gasteiger partial charge on any atom is -0.461 e. The zero-order valence-electron chi connectivity index (χ0n) is 9.43. The molecule has 0 unspecified atom stereocenters. The predicted molar refractivity (Wildman–Crippen MR) is 62.3 cm³/mol. The second-order valence-corrected chi connectivity index (χ2v) is 3.75. The molecular formula is C11H9ClFN3O2. The molecule has 1 aromatic heterocycles. The van der Waals surface area contributed by atoms with Gasteiger partial charge in [0.05, 0.1) is 23.5 Å². The molecule has 0 aliphatic rings. The summed E-state index contributed by atoms with van der Waals surface area (Å²) in [7, 11) is 0. The number of carbonyl (C=O) groups excluding carboxylic acids is 1. The summed E-state index contributed by atoms with van der Waals surface area (Å²) in [5, 5.41) is 7.76. The lowest BCUT2D eigenvalue weighted by molar-refractivity contribution is 0.0519. The average Bonchev–Trinajstić information content (AvgIpc) is 2.82. The second kappa shape index (κ2) is 5.14. The highest BCUT2D eigenvalue weighted by Gasteiger charge is 2.12. The monoisotopic (exact) mass is 269 g/mol. The molecule has 2 aromatic rings. The highest BCUT2D eigenvalue weighted by Crippen LogP contribution is 2.17. The number of hydrogen-bond acceptors (Lipinski definition) is 4. The van der Waals surface area contributed by atoms with Crippen LogP contribution < -0.4 is 0 Å². The Kier molecular flexibility index (Phi) is 3.57. The molecule has 0 aliphatic heterocycles. The molecule has 0 fully saturated rings. The number of esters is 1. The van der Waals surface area contributed by atoms with Crippen LogP contribution >= 0.6 is 11.6 Å². The van der Waals surface area contributed by atoms with Crippen molar-refractivity contribution in [2.45, 2.75) is 6.92 Å². The summed E-state index contributed by atoms with van der Waals surface area (Å²) < 4.78 is 18.0. The van der Waals surface area contributed by atoms with E-state index in [9.17, 15) is 9.18 Å². The lowest BCUT2D eigenvalue weighted by Gasteiger charge is -2.00. The average molecular weight is 270 g/mol. The molecule has 0 saturated heterocycles. The highest BCUT2D eigenvalue weighted by molar-refractivity contribution is 6.30. The molecule has 0 radical (unpaired) electrons. The summed E-state index contributed by atoms with van der Waals surface area (Å²) in [6.45, 7) is 1.94. The normalized spacial score (nSPS) is 10.4. The van der Waals surface area contributed by atoms with Gasteiger partial charge in [0.25, 0.3) is 0 Å². The van der Waals surface area contributed by atoms with Crippen LogP contribution in [0.25, 0.3) is 5.69 Å². The van der Waals surface area contributed by atoms with E-state index in [4.69, 9.17) is 16.3 Å². The fourth-order valence-corrected chi connectivity index (χ4v) is 1.41. The molecule has 0 bridgehead atoms. The van der Waals surface area contributed by atoms with Crippen molar-refractivity contribution in [2.24, 2.45) is 0 Å². The minimum absolute atomic E-state index is 0.0107. The second-order valence-electron chi connectivity index (χ2n) is 3.34. The van der Waals surface area contributed by atoms with Crippen LogP contribution in [0.15, 0.2) is 24.4 Å². The molecule has 0 N–H and O–H groups in total. The third-order valence-corrected chi connectivity index (χ3v) is 2.42. The van der Waals surface area contributed by atoms with Crippen LogP contribution in [0, 0.1) is 5.82 Å². The first-order valence-electron chi connectivity index (χ1n) is 5.16. The van der Waals surface area contributed by atoms with E-state index in [-0.39, 0.29) is 17.3 Å². The van der Waals surface area contributed by atoms with Gasteiger partial charge in [-0.25, -0.2) is 9.18 Å². The van der Waals surface area contributed by atoms with E-state index in [1.807, 2.05) is 0 Å². The molecule has 1 aromatic carbocycles. The largest absolute Gasteiger partial charge is 0.461 e. The van der Waals surface area contributed by atoms with Gasteiger partial charge in [0.15, 0.2) is 5.69 Å². The van der Waals surface area contributed by atoms with Crippen LogP contribution in [-0.2, 0) is 4.74 Å². The van der Waals surface area contributed by atoms with Crippen molar-refractivity contribution in [1.29, 1.82) is 0 Å². The van der Waals surface area contributed by atoms with Gasteiger partial charge in [-0.2, -0.15) is 9.90 Å². The molecule has 18 heavy (non-hydrogen) atoms. The van der Waals surface area contributed by atoms with Gasteiger partial charge in [0.1, 0.15) is 5.82 Å². The maximum Gasteiger partial charge on any atom is 0.360 e. The summed E-state index contributed by atoms with van der Waals surface area (Å²) in [6.07, 6.45) is 1.25. The summed E-state index contributed by atoms with van der Waals surface area (Å²) in [4.78, 5) is 12.5. The number of nitrogens with zero attached hydrogens (tertiary/aromatic N) is 3. The Hall–Kier alpha value is -1.95. The van der Waals surface area contributed by atoms with Crippen LogP contribution in [0.5, 0.6) is 0 Å². The van der Waals surface area contributed by atoms with E-state index in [2.05, 4.69) is 10.2 Å². The molecule has 0 amide bonds. The SMILES string of the molecule is CCOC(=O)c1cnn(-c2ccc(Cl)c(F)c2)n1. The van der Waals surface area contributed by atoms with Crippen molar-refractivity contribution in [3.05, 3.63) is 40.9 Å². The van der Waals surface area contributed by atoms with Crippen molar-refractivity contribution in [1.82, 2.24) is 15.0 Å². The molecule has 0 aliphatic carbocycles. The standard InChI is InChI=1S/C11H9ClFN3O2/c1-2-18-11(17)10-6-14-16(15-10)7-3-4-8(12)9(13)5-7/h3-6H,2H2,1H3. The van der Waals surface area contributed by atoms with Crippen molar-refractivity contribution in [3.8, 4) is 5.69 Å². The van der Waals surface area contributed by atoms with Gasteiger partial charge in [0, 0.05) is 6.07 Å². The first kappa shape index (κ1) is 12.5. The van der Waals surface area contributed by atoms with Gasteiger partial charge in [-0.15, -0.1) is 5.10 Å². The van der Waals surface area contributed by atoms with Gasteiger partial charge in [-0.3, -0.25) is 0 Å². The number of carbonyl (C=O) groups is 1. The number of benzene rings is 1. The summed E-state index contributed by atoms with van der Waals surface area (Å²) in [5.74, 6) is -1.15. The third kappa shape index (κ3) is 2.48. The molecule has 5 nitrogen and oxygen atoms in total. The number of aromatic nitrogens is 3. The summed E-state index contributed by atoms with van der Waals surface area (Å²) in [6, 6.07) is 4.11. The van der Waals surface area contributed by atoms with Gasteiger partial charge in [-0.05, 0) is 19.1 Å². The van der Waals surface area contributed by atoms with Gasteiger partial charge in [0.2, 0.25) is 0 Å². The first-order chi connectivity index (χ1) is 8.61. The molecule has 1 heterocycles. The van der Waals surface area contributed by atoms with Crippen LogP contribution in [-0.4, -0.2) is 27.6 Å². The van der Waals surface area contributed by atoms with Crippen LogP contribution in [0.1, 0.15) is 17.4 Å². The molecule has 7 heteroatoms. The zero-order valence-corrected chi connectivity index (χ0v) is 10.2. The molecule has 94 valence electrons. The molecule has 0 atom stereocenters. The number of hydrogen-bond donors (Lipinski definition) is 0. The molecule has 0 spiro atoms. The Morgan fingerprint density at radius 3 is 3.00 bits per heavy atom. The van der Waals surface area contributed by atoms with Gasteiger partial charge in [-0.1, -0.05) is 11.6 Å². The smallest absolute Gasteiger partial charge is 0.360 e. The number of halogens is 2. The Morgan fingerprint density at radius 1 is 1.56 bits per heavy atom. The molecule has 0 saturated carbocycles. The summed E-state index contributed by atoms with van der Waals surface area (Å²) in [5.41, 5.74) is 0.430. The van der Waals surface area contributed by atoms with Crippen LogP contribution in [0.3, 0.4) is 0 Å². The van der Waals surface area contributed by atoms with Crippen molar-refractivity contribution in [2.75, 3.05) is 6.61 Å². The van der Waals surface area contributed by atoms with Gasteiger partial charge < -0.3 is 4.74 Å². The van der Waals surface area contributed by atoms with E-state index in [0.29, 0.717) is 5.69 Å². The lowest BCUT2D eigenvalue weighted by Crippen LogP contribution is -2.07. The van der Waals surface area contributed by atoms with E-state index in [1.165, 1.54) is 18.3 Å². The zero-order chi connectivity index (χ0) is 13.1. The number of ether oxygens (including phenoxy) is 1. The Bertz CT molecular complexity index is 585. The van der Waals surface area contributed by atoms with E-state index < -0.39 is 11.8 Å². The molecule has 2 rings (SSSR count). The molecular weight excluding hydrogens is 261 g/mol. The van der Waals surface area contributed by atoms with Gasteiger partial charge >= 0.3 is 5.97 Å². The Morgan fingerprint density at radius 2 is 2.33 bits per heavy atom. The van der Waals surface area contributed by atoms with E-state index in [0.717, 1.165) is 4.80 Å². The maximum atomic E-state index is 13.3. The Labute approximate surface area is 107 Å².